The molecule has 3 aromatic rings. The van der Waals surface area contributed by atoms with Crippen molar-refractivity contribution < 1.29 is 34.1 Å². The number of benzene rings is 3. The third-order valence-corrected chi connectivity index (χ3v) is 7.53. The highest BCUT2D eigenvalue weighted by atomic mass is 16.5. The van der Waals surface area contributed by atoms with Gasteiger partial charge in [-0.1, -0.05) is 48.5 Å². The lowest BCUT2D eigenvalue weighted by Gasteiger charge is -2.35. The summed E-state index contributed by atoms with van der Waals surface area (Å²) in [5.41, 5.74) is 10.5. The van der Waals surface area contributed by atoms with Crippen LogP contribution in [-0.4, -0.2) is 53.9 Å². The molecule has 3 unspecified atom stereocenters. The number of carboxylic acid groups (broad SMARTS) is 2. The molecular formula is C33H38N2O7. The fraction of sp³-hybridized carbons (Fsp3) is 0.364. The summed E-state index contributed by atoms with van der Waals surface area (Å²) in [5, 5.41) is 20.8. The third kappa shape index (κ3) is 8.64. The lowest BCUT2D eigenvalue weighted by atomic mass is 9.69. The molecule has 5 N–H and O–H groups in total. The van der Waals surface area contributed by atoms with Gasteiger partial charge in [-0.25, -0.2) is 4.79 Å². The second-order valence-corrected chi connectivity index (χ2v) is 10.5. The standard InChI is InChI=1S/C33H38N2O7/c34-29(16-17-31(38)39)33(40)42-26-13-15-28-24(21-26)10-14-27(22-5-2-1-3-6-22)32(28)23-8-11-25(12-9-23)41-20-19-35-18-4-7-30(36)37/h1-3,5-6,8-9,11-13,15,21,27,29,32,35H,4,7,10,14,16-20,34H2,(H,36,37)(H,38,39). The van der Waals surface area contributed by atoms with E-state index >= 15 is 0 Å². The Kier molecular flexibility index (Phi) is 11.1. The largest absolute Gasteiger partial charge is 0.492 e. The summed E-state index contributed by atoms with van der Waals surface area (Å²) < 4.78 is 11.4. The lowest BCUT2D eigenvalue weighted by molar-refractivity contribution is -0.139. The molecule has 0 bridgehead atoms. The Morgan fingerprint density at radius 2 is 1.60 bits per heavy atom. The minimum absolute atomic E-state index is 0.0168. The van der Waals surface area contributed by atoms with Crippen molar-refractivity contribution in [3.63, 3.8) is 0 Å². The van der Waals surface area contributed by atoms with Crippen molar-refractivity contribution in [1.29, 1.82) is 0 Å². The molecule has 1 aliphatic rings. The van der Waals surface area contributed by atoms with Gasteiger partial charge in [-0.05, 0) is 84.7 Å². The molecule has 0 aliphatic heterocycles. The molecule has 0 radical (unpaired) electrons. The van der Waals surface area contributed by atoms with Gasteiger partial charge in [0.1, 0.15) is 24.1 Å². The molecule has 0 heterocycles. The molecule has 9 nitrogen and oxygen atoms in total. The Bertz CT molecular complexity index is 1340. The van der Waals surface area contributed by atoms with E-state index in [2.05, 4.69) is 41.7 Å². The molecule has 0 aromatic heterocycles. The highest BCUT2D eigenvalue weighted by Crippen LogP contribution is 2.47. The van der Waals surface area contributed by atoms with Gasteiger partial charge in [0.05, 0.1) is 0 Å². The molecule has 0 spiro atoms. The molecule has 1 aliphatic carbocycles. The van der Waals surface area contributed by atoms with E-state index in [1.54, 1.807) is 6.07 Å². The van der Waals surface area contributed by atoms with Gasteiger partial charge in [-0.3, -0.25) is 9.59 Å². The first-order valence-corrected chi connectivity index (χ1v) is 14.3. The van der Waals surface area contributed by atoms with Gasteiger partial charge >= 0.3 is 17.9 Å². The normalized spacial score (nSPS) is 16.7. The SMILES string of the molecule is NC(CCC(=O)O)C(=O)Oc1ccc2c(c1)CCC(c1ccccc1)C2c1ccc(OCCNCCCC(=O)O)cc1. The topological polar surface area (TPSA) is 148 Å². The molecule has 0 saturated carbocycles. The highest BCUT2D eigenvalue weighted by Gasteiger charge is 2.32. The summed E-state index contributed by atoms with van der Waals surface area (Å²) in [4.78, 5) is 33.9. The number of nitrogens with one attached hydrogen (secondary N) is 1. The van der Waals surface area contributed by atoms with Crippen LogP contribution in [0.1, 0.15) is 66.2 Å². The summed E-state index contributed by atoms with van der Waals surface area (Å²) in [5.74, 6) is -0.921. The molecule has 4 rings (SSSR count). The number of ether oxygens (including phenoxy) is 2. The quantitative estimate of drug-likeness (QED) is 0.117. The minimum Gasteiger partial charge on any atom is -0.492 e. The van der Waals surface area contributed by atoms with Gasteiger partial charge in [0, 0.05) is 25.3 Å². The van der Waals surface area contributed by atoms with Crippen molar-refractivity contribution in [2.75, 3.05) is 19.7 Å². The Morgan fingerprint density at radius 1 is 0.881 bits per heavy atom. The fourth-order valence-electron chi connectivity index (χ4n) is 5.42. The number of aryl methyl sites for hydroxylation is 1. The molecule has 42 heavy (non-hydrogen) atoms. The summed E-state index contributed by atoms with van der Waals surface area (Å²) >= 11 is 0. The van der Waals surface area contributed by atoms with Crippen LogP contribution in [0.4, 0.5) is 0 Å². The Labute approximate surface area is 245 Å². The molecule has 0 saturated heterocycles. The van der Waals surface area contributed by atoms with Crippen LogP contribution < -0.4 is 20.5 Å². The van der Waals surface area contributed by atoms with Crippen molar-refractivity contribution in [1.82, 2.24) is 5.32 Å². The zero-order chi connectivity index (χ0) is 29.9. The van der Waals surface area contributed by atoms with Crippen LogP contribution in [0.15, 0.2) is 72.8 Å². The first-order valence-electron chi connectivity index (χ1n) is 14.3. The summed E-state index contributed by atoms with van der Waals surface area (Å²) in [7, 11) is 0. The average Bonchev–Trinajstić information content (AvgIpc) is 2.99. The minimum atomic E-state index is -1.01. The number of carbonyl (C=O) groups excluding carboxylic acids is 1. The number of carboxylic acids is 2. The van der Waals surface area contributed by atoms with Crippen molar-refractivity contribution in [2.45, 2.75) is 56.4 Å². The summed E-state index contributed by atoms with van der Waals surface area (Å²) in [6.45, 7) is 1.74. The lowest BCUT2D eigenvalue weighted by Crippen LogP contribution is -2.34. The smallest absolute Gasteiger partial charge is 0.328 e. The summed E-state index contributed by atoms with van der Waals surface area (Å²) in [6, 6.07) is 23.3. The van der Waals surface area contributed by atoms with E-state index in [9.17, 15) is 14.4 Å². The van der Waals surface area contributed by atoms with E-state index in [0.717, 1.165) is 29.7 Å². The Balaban J connectivity index is 1.47. The van der Waals surface area contributed by atoms with Gasteiger partial charge in [0.25, 0.3) is 0 Å². The van der Waals surface area contributed by atoms with Gasteiger partial charge in [0.15, 0.2) is 0 Å². The zero-order valence-electron chi connectivity index (χ0n) is 23.5. The number of rotatable bonds is 15. The molecule has 222 valence electrons. The monoisotopic (exact) mass is 574 g/mol. The first-order chi connectivity index (χ1) is 20.3. The van der Waals surface area contributed by atoms with Crippen LogP contribution in [0.25, 0.3) is 0 Å². The highest BCUT2D eigenvalue weighted by molar-refractivity contribution is 5.79. The second kappa shape index (κ2) is 15.1. The van der Waals surface area contributed by atoms with Gasteiger partial charge < -0.3 is 30.7 Å². The number of aliphatic carboxylic acids is 2. The van der Waals surface area contributed by atoms with Crippen molar-refractivity contribution >= 4 is 17.9 Å². The molecule has 9 heteroatoms. The molecular weight excluding hydrogens is 536 g/mol. The fourth-order valence-corrected chi connectivity index (χ4v) is 5.42. The first kappa shape index (κ1) is 30.7. The van der Waals surface area contributed by atoms with E-state index in [-0.39, 0.29) is 31.1 Å². The average molecular weight is 575 g/mol. The second-order valence-electron chi connectivity index (χ2n) is 10.5. The van der Waals surface area contributed by atoms with Gasteiger partial charge in [-0.2, -0.15) is 0 Å². The molecule has 0 fully saturated rings. The third-order valence-electron chi connectivity index (χ3n) is 7.53. The van der Waals surface area contributed by atoms with Crippen molar-refractivity contribution in [3.8, 4) is 11.5 Å². The molecule has 3 atom stereocenters. The van der Waals surface area contributed by atoms with E-state index in [1.165, 1.54) is 11.1 Å². The number of esters is 1. The van der Waals surface area contributed by atoms with E-state index < -0.39 is 23.9 Å². The van der Waals surface area contributed by atoms with E-state index in [4.69, 9.17) is 25.4 Å². The van der Waals surface area contributed by atoms with Crippen LogP contribution >= 0.6 is 0 Å². The van der Waals surface area contributed by atoms with Gasteiger partial charge in [-0.15, -0.1) is 0 Å². The van der Waals surface area contributed by atoms with E-state index in [1.807, 2.05) is 30.3 Å². The number of hydrogen-bond donors (Lipinski definition) is 4. The van der Waals surface area contributed by atoms with Crippen molar-refractivity contribution in [2.24, 2.45) is 5.73 Å². The summed E-state index contributed by atoms with van der Waals surface area (Å²) in [6.07, 6.45) is 2.30. The Hall–Kier alpha value is -4.21. The maximum Gasteiger partial charge on any atom is 0.328 e. The van der Waals surface area contributed by atoms with Crippen molar-refractivity contribution in [3.05, 3.63) is 95.1 Å². The van der Waals surface area contributed by atoms with Crippen LogP contribution in [0.2, 0.25) is 0 Å². The number of nitrogens with two attached hydrogens (primary N) is 1. The number of carbonyl (C=O) groups is 3. The van der Waals surface area contributed by atoms with Crippen LogP contribution in [-0.2, 0) is 20.8 Å². The number of hydrogen-bond acceptors (Lipinski definition) is 7. The van der Waals surface area contributed by atoms with Crippen LogP contribution in [0.5, 0.6) is 11.5 Å². The predicted molar refractivity (Wildman–Crippen MR) is 158 cm³/mol. The predicted octanol–water partition coefficient (Wildman–Crippen LogP) is 4.48. The van der Waals surface area contributed by atoms with Crippen LogP contribution in [0, 0.1) is 0 Å². The van der Waals surface area contributed by atoms with E-state index in [0.29, 0.717) is 31.9 Å². The molecule has 3 aromatic carbocycles. The maximum atomic E-state index is 12.4. The Morgan fingerprint density at radius 3 is 2.31 bits per heavy atom. The van der Waals surface area contributed by atoms with Crippen LogP contribution in [0.3, 0.4) is 0 Å². The van der Waals surface area contributed by atoms with Gasteiger partial charge in [0.2, 0.25) is 0 Å². The zero-order valence-corrected chi connectivity index (χ0v) is 23.5. The molecule has 0 amide bonds. The maximum absolute atomic E-state index is 12.4. The number of fused-ring (bicyclic) bond motifs is 1.